The molecule has 0 aromatic heterocycles. The van der Waals surface area contributed by atoms with E-state index in [9.17, 15) is 14.3 Å². The first kappa shape index (κ1) is 13.0. The molecule has 0 spiro atoms. The van der Waals surface area contributed by atoms with Crippen LogP contribution in [0.3, 0.4) is 0 Å². The van der Waals surface area contributed by atoms with Crippen molar-refractivity contribution in [3.8, 4) is 0 Å². The van der Waals surface area contributed by atoms with Gasteiger partial charge in [0.15, 0.2) is 0 Å². The van der Waals surface area contributed by atoms with E-state index in [0.29, 0.717) is 11.1 Å². The lowest BCUT2D eigenvalue weighted by molar-refractivity contribution is 0.0717. The van der Waals surface area contributed by atoms with Gasteiger partial charge in [-0.25, -0.2) is 4.39 Å². The molecule has 0 heterocycles. The summed E-state index contributed by atoms with van der Waals surface area (Å²) in [5.74, 6) is -0.562. The molecule has 0 radical (unpaired) electrons. The number of rotatable bonds is 2. The van der Waals surface area contributed by atoms with Crippen molar-refractivity contribution in [1.82, 2.24) is 5.32 Å². The van der Waals surface area contributed by atoms with Crippen LogP contribution < -0.4 is 5.32 Å². The highest BCUT2D eigenvalue weighted by Crippen LogP contribution is 2.19. The van der Waals surface area contributed by atoms with Crippen LogP contribution in [-0.4, -0.2) is 23.2 Å². The van der Waals surface area contributed by atoms with Crippen LogP contribution in [-0.2, 0) is 0 Å². The van der Waals surface area contributed by atoms with Crippen LogP contribution in [0.1, 0.15) is 41.6 Å². The van der Waals surface area contributed by atoms with Crippen molar-refractivity contribution in [3.63, 3.8) is 0 Å². The molecule has 1 fully saturated rings. The molecule has 0 aliphatic heterocycles. The number of aliphatic hydroxyl groups is 1. The molecular formula is C14H18FNO2. The second-order valence-electron chi connectivity index (χ2n) is 4.90. The fourth-order valence-corrected chi connectivity index (χ4v) is 2.32. The summed E-state index contributed by atoms with van der Waals surface area (Å²) < 4.78 is 13.1. The lowest BCUT2D eigenvalue weighted by Gasteiger charge is -2.28. The Balaban J connectivity index is 2.04. The minimum absolute atomic E-state index is 0.184. The molecule has 1 aliphatic carbocycles. The molecule has 2 atom stereocenters. The smallest absolute Gasteiger partial charge is 0.251 e. The first-order valence-electron chi connectivity index (χ1n) is 6.33. The summed E-state index contributed by atoms with van der Waals surface area (Å²) in [4.78, 5) is 12.0. The average molecular weight is 251 g/mol. The zero-order valence-electron chi connectivity index (χ0n) is 10.4. The number of carbonyl (C=O) groups is 1. The number of aryl methyl sites for hydroxylation is 1. The molecule has 4 heteroatoms. The number of amides is 1. The van der Waals surface area contributed by atoms with E-state index in [1.165, 1.54) is 18.2 Å². The second-order valence-corrected chi connectivity index (χ2v) is 4.90. The highest BCUT2D eigenvalue weighted by atomic mass is 19.1. The number of carbonyl (C=O) groups excluding carboxylic acids is 1. The Kier molecular flexibility index (Phi) is 3.97. The molecule has 1 aromatic rings. The third-order valence-corrected chi connectivity index (χ3v) is 3.47. The van der Waals surface area contributed by atoms with E-state index in [-0.39, 0.29) is 17.8 Å². The fourth-order valence-electron chi connectivity index (χ4n) is 2.32. The minimum Gasteiger partial charge on any atom is -0.391 e. The molecule has 0 unspecified atom stereocenters. The molecule has 0 saturated heterocycles. The Labute approximate surface area is 106 Å². The van der Waals surface area contributed by atoms with Gasteiger partial charge in [-0.15, -0.1) is 0 Å². The summed E-state index contributed by atoms with van der Waals surface area (Å²) in [7, 11) is 0. The SMILES string of the molecule is Cc1cc(C(=O)N[C@H]2CCCC[C@@H]2O)ccc1F. The maximum absolute atomic E-state index is 13.1. The van der Waals surface area contributed by atoms with E-state index in [2.05, 4.69) is 5.32 Å². The van der Waals surface area contributed by atoms with E-state index < -0.39 is 6.10 Å². The Bertz CT molecular complexity index is 447. The predicted octanol–water partition coefficient (Wildman–Crippen LogP) is 2.17. The molecule has 2 rings (SSSR count). The third-order valence-electron chi connectivity index (χ3n) is 3.47. The zero-order valence-corrected chi connectivity index (χ0v) is 10.4. The van der Waals surface area contributed by atoms with Gasteiger partial charge in [0.1, 0.15) is 5.82 Å². The molecule has 1 aliphatic rings. The maximum atomic E-state index is 13.1. The molecule has 98 valence electrons. The predicted molar refractivity (Wildman–Crippen MR) is 66.9 cm³/mol. The van der Waals surface area contributed by atoms with Crippen molar-refractivity contribution in [2.75, 3.05) is 0 Å². The van der Waals surface area contributed by atoms with Crippen LogP contribution in [0, 0.1) is 12.7 Å². The highest BCUT2D eigenvalue weighted by Gasteiger charge is 2.24. The van der Waals surface area contributed by atoms with Gasteiger partial charge in [-0.2, -0.15) is 0 Å². The van der Waals surface area contributed by atoms with Crippen LogP contribution in [0.15, 0.2) is 18.2 Å². The van der Waals surface area contributed by atoms with Crippen LogP contribution in [0.2, 0.25) is 0 Å². The van der Waals surface area contributed by atoms with Crippen LogP contribution in [0.4, 0.5) is 4.39 Å². The van der Waals surface area contributed by atoms with Crippen LogP contribution >= 0.6 is 0 Å². The van der Waals surface area contributed by atoms with E-state index >= 15 is 0 Å². The second kappa shape index (κ2) is 5.48. The van der Waals surface area contributed by atoms with Crippen LogP contribution in [0.5, 0.6) is 0 Å². The van der Waals surface area contributed by atoms with Crippen molar-refractivity contribution in [2.24, 2.45) is 0 Å². The Morgan fingerprint density at radius 3 is 2.78 bits per heavy atom. The average Bonchev–Trinajstić information content (AvgIpc) is 2.35. The van der Waals surface area contributed by atoms with E-state index in [1.807, 2.05) is 0 Å². The van der Waals surface area contributed by atoms with Gasteiger partial charge in [-0.05, 0) is 43.5 Å². The summed E-state index contributed by atoms with van der Waals surface area (Å²) in [5.41, 5.74) is 0.888. The zero-order chi connectivity index (χ0) is 13.1. The van der Waals surface area contributed by atoms with Gasteiger partial charge in [-0.3, -0.25) is 4.79 Å². The van der Waals surface area contributed by atoms with Crippen molar-refractivity contribution in [3.05, 3.63) is 35.1 Å². The molecule has 1 aromatic carbocycles. The number of aliphatic hydroxyl groups excluding tert-OH is 1. The molecule has 1 amide bonds. The largest absolute Gasteiger partial charge is 0.391 e. The van der Waals surface area contributed by atoms with Gasteiger partial charge in [-0.1, -0.05) is 12.8 Å². The summed E-state index contributed by atoms with van der Waals surface area (Å²) >= 11 is 0. The normalized spacial score (nSPS) is 23.7. The van der Waals surface area contributed by atoms with E-state index in [1.54, 1.807) is 6.92 Å². The number of benzene rings is 1. The number of hydrogen-bond acceptors (Lipinski definition) is 2. The quantitative estimate of drug-likeness (QED) is 0.846. The molecule has 3 nitrogen and oxygen atoms in total. The summed E-state index contributed by atoms with van der Waals surface area (Å²) in [6.45, 7) is 1.63. The Morgan fingerprint density at radius 2 is 2.11 bits per heavy atom. The van der Waals surface area contributed by atoms with Crippen LogP contribution in [0.25, 0.3) is 0 Å². The van der Waals surface area contributed by atoms with E-state index in [4.69, 9.17) is 0 Å². The third kappa shape index (κ3) is 2.88. The fraction of sp³-hybridized carbons (Fsp3) is 0.500. The van der Waals surface area contributed by atoms with Gasteiger partial charge < -0.3 is 10.4 Å². The number of nitrogens with one attached hydrogen (secondary N) is 1. The maximum Gasteiger partial charge on any atom is 0.251 e. The summed E-state index contributed by atoms with van der Waals surface area (Å²) in [6, 6.07) is 4.10. The Morgan fingerprint density at radius 1 is 1.39 bits per heavy atom. The monoisotopic (exact) mass is 251 g/mol. The van der Waals surface area contributed by atoms with Gasteiger partial charge in [0.2, 0.25) is 0 Å². The first-order valence-corrected chi connectivity index (χ1v) is 6.33. The Hall–Kier alpha value is -1.42. The van der Waals surface area contributed by atoms with Crippen molar-refractivity contribution >= 4 is 5.91 Å². The van der Waals surface area contributed by atoms with Crippen molar-refractivity contribution in [2.45, 2.75) is 44.8 Å². The van der Waals surface area contributed by atoms with Gasteiger partial charge in [0.05, 0.1) is 12.1 Å². The minimum atomic E-state index is -0.468. The summed E-state index contributed by atoms with van der Waals surface area (Å²) in [6.07, 6.45) is 3.08. The number of halogens is 1. The standard InChI is InChI=1S/C14H18FNO2/c1-9-8-10(6-7-11(9)15)14(18)16-12-4-2-3-5-13(12)17/h6-8,12-13,17H,2-5H2,1H3,(H,16,18)/t12-,13-/m0/s1. The molecule has 0 bridgehead atoms. The first-order chi connectivity index (χ1) is 8.58. The van der Waals surface area contributed by atoms with Gasteiger partial charge >= 0.3 is 0 Å². The van der Waals surface area contributed by atoms with Crippen molar-refractivity contribution < 1.29 is 14.3 Å². The molecular weight excluding hydrogens is 233 g/mol. The highest BCUT2D eigenvalue weighted by molar-refractivity contribution is 5.94. The molecule has 2 N–H and O–H groups in total. The van der Waals surface area contributed by atoms with Gasteiger partial charge in [0, 0.05) is 5.56 Å². The number of hydrogen-bond donors (Lipinski definition) is 2. The summed E-state index contributed by atoms with van der Waals surface area (Å²) in [5, 5.41) is 12.6. The topological polar surface area (TPSA) is 49.3 Å². The lowest BCUT2D eigenvalue weighted by atomic mass is 9.92. The van der Waals surface area contributed by atoms with E-state index in [0.717, 1.165) is 25.7 Å². The van der Waals surface area contributed by atoms with Gasteiger partial charge in [0.25, 0.3) is 5.91 Å². The van der Waals surface area contributed by atoms with Crippen molar-refractivity contribution in [1.29, 1.82) is 0 Å². The lowest BCUT2D eigenvalue weighted by Crippen LogP contribution is -2.45. The molecule has 1 saturated carbocycles. The molecule has 18 heavy (non-hydrogen) atoms.